The first-order chi connectivity index (χ1) is 19.6. The van der Waals surface area contributed by atoms with Gasteiger partial charge in [-0.05, 0) is 67.1 Å². The first kappa shape index (κ1) is 31.1. The molecule has 3 aromatic rings. The van der Waals surface area contributed by atoms with E-state index in [1.165, 1.54) is 32.1 Å². The zero-order valence-electron chi connectivity index (χ0n) is 24.5. The lowest BCUT2D eigenvalue weighted by Gasteiger charge is -2.20. The van der Waals surface area contributed by atoms with E-state index < -0.39 is 6.10 Å². The van der Waals surface area contributed by atoms with Gasteiger partial charge >= 0.3 is 5.97 Å². The highest BCUT2D eigenvalue weighted by Crippen LogP contribution is 2.35. The predicted octanol–water partition coefficient (Wildman–Crippen LogP) is 9.17. The molecule has 40 heavy (non-hydrogen) atoms. The first-order valence-electron chi connectivity index (χ1n) is 15.0. The van der Waals surface area contributed by atoms with Gasteiger partial charge in [-0.25, -0.2) is 4.79 Å². The monoisotopic (exact) mass is 546 g/mol. The summed E-state index contributed by atoms with van der Waals surface area (Å²) < 4.78 is 23.8. The summed E-state index contributed by atoms with van der Waals surface area (Å²) in [6.45, 7) is 7.60. The molecule has 0 radical (unpaired) electrons. The van der Waals surface area contributed by atoms with E-state index in [2.05, 4.69) is 26.0 Å². The second-order valence-electron chi connectivity index (χ2n) is 10.1. The quantitative estimate of drug-likeness (QED) is 0.111. The number of esters is 1. The number of carbonyl (C=O) groups is 1. The molecule has 0 saturated heterocycles. The predicted molar refractivity (Wildman–Crippen MR) is 162 cm³/mol. The van der Waals surface area contributed by atoms with Gasteiger partial charge in [0.05, 0.1) is 13.2 Å². The second kappa shape index (κ2) is 18.0. The van der Waals surface area contributed by atoms with Gasteiger partial charge in [0.25, 0.3) is 0 Å². The Hall–Kier alpha value is -3.47. The van der Waals surface area contributed by atoms with Crippen molar-refractivity contribution in [2.45, 2.75) is 91.3 Å². The van der Waals surface area contributed by atoms with Gasteiger partial charge in [0.15, 0.2) is 17.6 Å². The molecular weight excluding hydrogens is 500 g/mol. The van der Waals surface area contributed by atoms with Crippen molar-refractivity contribution in [1.29, 1.82) is 0 Å². The molecule has 0 aliphatic carbocycles. The topological polar surface area (TPSA) is 54.0 Å². The Morgan fingerprint density at radius 1 is 0.700 bits per heavy atom. The first-order valence-corrected chi connectivity index (χ1v) is 15.0. The molecule has 5 heteroatoms. The lowest BCUT2D eigenvalue weighted by molar-refractivity contribution is -0.151. The third kappa shape index (κ3) is 10.6. The van der Waals surface area contributed by atoms with Crippen LogP contribution in [0.15, 0.2) is 72.8 Å². The Balaban J connectivity index is 1.73. The molecule has 216 valence electrons. The Morgan fingerprint density at radius 2 is 1.40 bits per heavy atom. The Kier molecular flexibility index (Phi) is 14.0. The minimum absolute atomic E-state index is 0.315. The molecule has 5 nitrogen and oxygen atoms in total. The van der Waals surface area contributed by atoms with E-state index in [0.29, 0.717) is 31.1 Å². The van der Waals surface area contributed by atoms with E-state index in [1.807, 2.05) is 67.6 Å². The fourth-order valence-electron chi connectivity index (χ4n) is 4.45. The van der Waals surface area contributed by atoms with Crippen molar-refractivity contribution in [2.24, 2.45) is 0 Å². The number of ether oxygens (including phenoxy) is 4. The van der Waals surface area contributed by atoms with Crippen molar-refractivity contribution >= 4 is 5.97 Å². The summed E-state index contributed by atoms with van der Waals surface area (Å²) in [6, 6.07) is 24.0. The average Bonchev–Trinajstić information content (AvgIpc) is 2.99. The van der Waals surface area contributed by atoms with E-state index in [4.69, 9.17) is 18.9 Å². The van der Waals surface area contributed by atoms with E-state index in [0.717, 1.165) is 48.3 Å². The SMILES string of the molecule is CCCCCCCCOc1ccc(-c2ccc(OCc3ccccc3)c(O[C@@H](CCCC)C(=O)OCC)c2)cc1. The Bertz CT molecular complexity index is 1110. The number of carbonyl (C=O) groups excluding carboxylic acids is 1. The highest BCUT2D eigenvalue weighted by Gasteiger charge is 2.23. The zero-order valence-corrected chi connectivity index (χ0v) is 24.5. The fraction of sp³-hybridized carbons (Fsp3) is 0.457. The molecular formula is C35H46O5. The van der Waals surface area contributed by atoms with Crippen LogP contribution in [0.2, 0.25) is 0 Å². The molecule has 0 saturated carbocycles. The van der Waals surface area contributed by atoms with Crippen LogP contribution >= 0.6 is 0 Å². The van der Waals surface area contributed by atoms with Crippen LogP contribution in [-0.2, 0) is 16.1 Å². The number of hydrogen-bond acceptors (Lipinski definition) is 5. The van der Waals surface area contributed by atoms with Gasteiger partial charge in [-0.1, -0.05) is 101 Å². The molecule has 3 aromatic carbocycles. The third-order valence-electron chi connectivity index (χ3n) is 6.77. The maximum atomic E-state index is 12.7. The standard InChI is InChI=1S/C35H46O5/c1-4-7-9-10-11-15-25-38-31-22-19-29(20-23-31)30-21-24-32(39-27-28-16-13-12-14-17-28)34(26-30)40-33(18-8-5-2)35(36)37-6-3/h12-14,16-17,19-24,26,33H,4-11,15,18,25,27H2,1-3H3/t33-/m0/s1. The molecule has 0 spiro atoms. The fourth-order valence-corrected chi connectivity index (χ4v) is 4.45. The van der Waals surface area contributed by atoms with Gasteiger partial charge in [0.1, 0.15) is 12.4 Å². The van der Waals surface area contributed by atoms with E-state index in [9.17, 15) is 4.79 Å². The van der Waals surface area contributed by atoms with Crippen molar-refractivity contribution in [3.05, 3.63) is 78.4 Å². The number of benzene rings is 3. The van der Waals surface area contributed by atoms with Crippen molar-refractivity contribution in [1.82, 2.24) is 0 Å². The second-order valence-corrected chi connectivity index (χ2v) is 10.1. The lowest BCUT2D eigenvalue weighted by Crippen LogP contribution is -2.29. The smallest absolute Gasteiger partial charge is 0.347 e. The molecule has 0 N–H and O–H groups in total. The lowest BCUT2D eigenvalue weighted by atomic mass is 10.0. The van der Waals surface area contributed by atoms with Crippen LogP contribution in [0.1, 0.15) is 84.1 Å². The van der Waals surface area contributed by atoms with Crippen LogP contribution in [0.5, 0.6) is 17.2 Å². The van der Waals surface area contributed by atoms with E-state index in [-0.39, 0.29) is 5.97 Å². The summed E-state index contributed by atoms with van der Waals surface area (Å²) in [4.78, 5) is 12.7. The number of rotatable bonds is 19. The summed E-state index contributed by atoms with van der Waals surface area (Å²) in [7, 11) is 0. The van der Waals surface area contributed by atoms with Crippen molar-refractivity contribution in [3.63, 3.8) is 0 Å². The molecule has 0 aliphatic rings. The van der Waals surface area contributed by atoms with Crippen molar-refractivity contribution in [3.8, 4) is 28.4 Å². The minimum Gasteiger partial charge on any atom is -0.494 e. The summed E-state index contributed by atoms with van der Waals surface area (Å²) in [5.74, 6) is 1.66. The molecule has 0 unspecified atom stereocenters. The van der Waals surface area contributed by atoms with Crippen molar-refractivity contribution in [2.75, 3.05) is 13.2 Å². The number of hydrogen-bond donors (Lipinski definition) is 0. The molecule has 0 aromatic heterocycles. The van der Waals surface area contributed by atoms with Gasteiger partial charge < -0.3 is 18.9 Å². The van der Waals surface area contributed by atoms with Crippen molar-refractivity contribution < 1.29 is 23.7 Å². The van der Waals surface area contributed by atoms with Gasteiger partial charge in [-0.3, -0.25) is 0 Å². The summed E-state index contributed by atoms with van der Waals surface area (Å²) in [6.07, 6.45) is 9.19. The zero-order chi connectivity index (χ0) is 28.4. The summed E-state index contributed by atoms with van der Waals surface area (Å²) in [5.41, 5.74) is 3.07. The molecule has 0 fully saturated rings. The highest BCUT2D eigenvalue weighted by molar-refractivity contribution is 5.75. The van der Waals surface area contributed by atoms with Crippen LogP contribution in [0.3, 0.4) is 0 Å². The molecule has 1 atom stereocenters. The van der Waals surface area contributed by atoms with Crippen LogP contribution in [0, 0.1) is 0 Å². The summed E-state index contributed by atoms with van der Waals surface area (Å²) in [5, 5.41) is 0. The minimum atomic E-state index is -0.688. The molecule has 0 amide bonds. The van der Waals surface area contributed by atoms with Crippen LogP contribution in [0.4, 0.5) is 0 Å². The molecule has 0 heterocycles. The van der Waals surface area contributed by atoms with Gasteiger partial charge in [0, 0.05) is 0 Å². The Labute approximate surface area is 240 Å². The largest absolute Gasteiger partial charge is 0.494 e. The third-order valence-corrected chi connectivity index (χ3v) is 6.77. The van der Waals surface area contributed by atoms with E-state index >= 15 is 0 Å². The van der Waals surface area contributed by atoms with Gasteiger partial charge in [-0.15, -0.1) is 0 Å². The molecule has 0 aliphatic heterocycles. The maximum absolute atomic E-state index is 12.7. The summed E-state index contributed by atoms with van der Waals surface area (Å²) >= 11 is 0. The number of unbranched alkanes of at least 4 members (excludes halogenated alkanes) is 6. The van der Waals surface area contributed by atoms with Crippen LogP contribution in [0.25, 0.3) is 11.1 Å². The van der Waals surface area contributed by atoms with Gasteiger partial charge in [0.2, 0.25) is 0 Å². The average molecular weight is 547 g/mol. The normalized spacial score (nSPS) is 11.6. The highest BCUT2D eigenvalue weighted by atomic mass is 16.6. The molecule has 0 bridgehead atoms. The molecule has 3 rings (SSSR count). The van der Waals surface area contributed by atoms with E-state index in [1.54, 1.807) is 0 Å². The maximum Gasteiger partial charge on any atom is 0.347 e. The van der Waals surface area contributed by atoms with Gasteiger partial charge in [-0.2, -0.15) is 0 Å². The Morgan fingerprint density at radius 3 is 2.12 bits per heavy atom. The van der Waals surface area contributed by atoms with Crippen LogP contribution in [-0.4, -0.2) is 25.3 Å². The van der Waals surface area contributed by atoms with Crippen LogP contribution < -0.4 is 14.2 Å².